The van der Waals surface area contributed by atoms with E-state index in [2.05, 4.69) is 10.3 Å². The van der Waals surface area contributed by atoms with Gasteiger partial charge in [0.15, 0.2) is 5.78 Å². The van der Waals surface area contributed by atoms with E-state index in [1.54, 1.807) is 19.1 Å². The van der Waals surface area contributed by atoms with E-state index in [4.69, 9.17) is 16.3 Å². The molecular weight excluding hydrogens is 256 g/mol. The minimum Gasteiger partial charge on any atom is -0.462 e. The van der Waals surface area contributed by atoms with Crippen LogP contribution in [0.1, 0.15) is 13.8 Å². The van der Waals surface area contributed by atoms with Crippen LogP contribution in [-0.4, -0.2) is 23.3 Å². The molecule has 0 spiro atoms. The maximum absolute atomic E-state index is 11.5. The highest BCUT2D eigenvalue weighted by molar-refractivity contribution is 6.29. The minimum atomic E-state index is -0.653. The first-order valence-electron chi connectivity index (χ1n) is 5.31. The molecule has 0 amide bonds. The average Bonchev–Trinajstić information content (AvgIpc) is 2.31. The number of hydrogen-bond donors (Lipinski definition) is 1. The normalized spacial score (nSPS) is 10.9. The van der Waals surface area contributed by atoms with E-state index in [9.17, 15) is 9.59 Å². The Kier molecular flexibility index (Phi) is 5.32. The van der Waals surface area contributed by atoms with Gasteiger partial charge in [-0.15, -0.1) is 0 Å². The number of ether oxygens (including phenoxy) is 1. The van der Waals surface area contributed by atoms with Crippen LogP contribution in [0.25, 0.3) is 0 Å². The Morgan fingerprint density at radius 3 is 2.72 bits per heavy atom. The van der Waals surface area contributed by atoms with E-state index in [0.29, 0.717) is 10.8 Å². The molecule has 0 aliphatic carbocycles. The van der Waals surface area contributed by atoms with Gasteiger partial charge in [0.05, 0.1) is 18.5 Å². The van der Waals surface area contributed by atoms with E-state index < -0.39 is 5.97 Å². The lowest BCUT2D eigenvalue weighted by molar-refractivity contribution is -0.139. The van der Waals surface area contributed by atoms with Crippen LogP contribution in [0.3, 0.4) is 0 Å². The highest BCUT2D eigenvalue weighted by atomic mass is 35.5. The van der Waals surface area contributed by atoms with Gasteiger partial charge in [0.2, 0.25) is 0 Å². The van der Waals surface area contributed by atoms with Crippen molar-refractivity contribution in [3.8, 4) is 0 Å². The number of carbonyl (C=O) groups is 2. The molecule has 1 rings (SSSR count). The maximum atomic E-state index is 11.5. The number of ketones is 1. The van der Waals surface area contributed by atoms with E-state index in [1.807, 2.05) is 0 Å². The zero-order chi connectivity index (χ0) is 13.5. The summed E-state index contributed by atoms with van der Waals surface area (Å²) in [5.74, 6) is -1.03. The minimum absolute atomic E-state index is 0.0493. The molecule has 6 heteroatoms. The van der Waals surface area contributed by atoms with Gasteiger partial charge in [0.25, 0.3) is 0 Å². The Bertz CT molecular complexity index is 469. The van der Waals surface area contributed by atoms with Crippen molar-refractivity contribution in [1.29, 1.82) is 0 Å². The summed E-state index contributed by atoms with van der Waals surface area (Å²) in [5.41, 5.74) is 0.564. The van der Waals surface area contributed by atoms with Crippen molar-refractivity contribution >= 4 is 29.0 Å². The summed E-state index contributed by atoms with van der Waals surface area (Å²) < 4.78 is 4.77. The van der Waals surface area contributed by atoms with Gasteiger partial charge in [0.1, 0.15) is 10.7 Å². The molecule has 1 heterocycles. The standard InChI is InChI=1S/C12H13ClN2O3/c1-3-18-12(17)10(8(2)16)7-14-9-4-5-11(13)15-6-9/h4-7,14H,3H2,1-2H3/b10-7+. The van der Waals surface area contributed by atoms with Gasteiger partial charge < -0.3 is 10.1 Å². The van der Waals surface area contributed by atoms with Crippen LogP contribution in [0.4, 0.5) is 5.69 Å². The first-order chi connectivity index (χ1) is 8.54. The van der Waals surface area contributed by atoms with Crippen molar-refractivity contribution in [2.45, 2.75) is 13.8 Å². The molecule has 0 aliphatic rings. The van der Waals surface area contributed by atoms with Crippen molar-refractivity contribution in [1.82, 2.24) is 4.98 Å². The lowest BCUT2D eigenvalue weighted by atomic mass is 10.2. The van der Waals surface area contributed by atoms with Crippen molar-refractivity contribution in [2.24, 2.45) is 0 Å². The zero-order valence-corrected chi connectivity index (χ0v) is 10.8. The van der Waals surface area contributed by atoms with E-state index in [0.717, 1.165) is 0 Å². The molecule has 96 valence electrons. The molecule has 1 N–H and O–H groups in total. The molecule has 18 heavy (non-hydrogen) atoms. The molecule has 0 unspecified atom stereocenters. The zero-order valence-electron chi connectivity index (χ0n) is 10.1. The van der Waals surface area contributed by atoms with Crippen LogP contribution >= 0.6 is 11.6 Å². The smallest absolute Gasteiger partial charge is 0.343 e. The number of Topliss-reactive ketones (excluding diaryl/α,β-unsaturated/α-hetero) is 1. The predicted molar refractivity (Wildman–Crippen MR) is 68.3 cm³/mol. The van der Waals surface area contributed by atoms with E-state index in [1.165, 1.54) is 19.3 Å². The summed E-state index contributed by atoms with van der Waals surface area (Å²) in [5, 5.41) is 3.15. The predicted octanol–water partition coefficient (Wildman–Crippen LogP) is 2.18. The summed E-state index contributed by atoms with van der Waals surface area (Å²) in [4.78, 5) is 26.6. The van der Waals surface area contributed by atoms with E-state index in [-0.39, 0.29) is 18.0 Å². The van der Waals surface area contributed by atoms with Crippen LogP contribution in [0.2, 0.25) is 5.15 Å². The molecule has 0 fully saturated rings. The van der Waals surface area contributed by atoms with Crippen LogP contribution in [0.5, 0.6) is 0 Å². The molecule has 0 radical (unpaired) electrons. The van der Waals surface area contributed by atoms with Gasteiger partial charge in [-0.3, -0.25) is 4.79 Å². The van der Waals surface area contributed by atoms with Crippen LogP contribution in [0.15, 0.2) is 30.1 Å². The molecule has 0 saturated carbocycles. The Balaban J connectivity index is 2.80. The second kappa shape index (κ2) is 6.76. The number of hydrogen-bond acceptors (Lipinski definition) is 5. The summed E-state index contributed by atoms with van der Waals surface area (Å²) >= 11 is 5.63. The maximum Gasteiger partial charge on any atom is 0.343 e. The fraction of sp³-hybridized carbons (Fsp3) is 0.250. The summed E-state index contributed by atoms with van der Waals surface area (Å²) in [6, 6.07) is 3.27. The van der Waals surface area contributed by atoms with Gasteiger partial charge in [-0.2, -0.15) is 0 Å². The number of rotatable bonds is 5. The third kappa shape index (κ3) is 4.18. The Morgan fingerprint density at radius 2 is 2.22 bits per heavy atom. The number of aromatic nitrogens is 1. The van der Waals surface area contributed by atoms with Crippen molar-refractivity contribution in [3.63, 3.8) is 0 Å². The Morgan fingerprint density at radius 1 is 1.50 bits per heavy atom. The highest BCUT2D eigenvalue weighted by Crippen LogP contribution is 2.10. The summed E-state index contributed by atoms with van der Waals surface area (Å²) in [6.07, 6.45) is 2.78. The lowest BCUT2D eigenvalue weighted by Gasteiger charge is -2.05. The third-order valence-electron chi connectivity index (χ3n) is 1.99. The molecule has 1 aromatic rings. The van der Waals surface area contributed by atoms with Crippen LogP contribution < -0.4 is 5.32 Å². The topological polar surface area (TPSA) is 68.3 Å². The first-order valence-corrected chi connectivity index (χ1v) is 5.68. The quantitative estimate of drug-likeness (QED) is 0.291. The number of nitrogens with one attached hydrogen (secondary N) is 1. The van der Waals surface area contributed by atoms with E-state index >= 15 is 0 Å². The highest BCUT2D eigenvalue weighted by Gasteiger charge is 2.15. The number of pyridine rings is 1. The SMILES string of the molecule is CCOC(=O)/C(=C/Nc1ccc(Cl)nc1)C(C)=O. The van der Waals surface area contributed by atoms with Gasteiger partial charge >= 0.3 is 5.97 Å². The van der Waals surface area contributed by atoms with Crippen molar-refractivity contribution in [2.75, 3.05) is 11.9 Å². The van der Waals surface area contributed by atoms with Crippen LogP contribution in [-0.2, 0) is 14.3 Å². The average molecular weight is 269 g/mol. The monoisotopic (exact) mass is 268 g/mol. The van der Waals surface area contributed by atoms with Gasteiger partial charge in [-0.05, 0) is 26.0 Å². The fourth-order valence-corrected chi connectivity index (χ4v) is 1.24. The van der Waals surface area contributed by atoms with Gasteiger partial charge in [-0.1, -0.05) is 11.6 Å². The number of nitrogens with zero attached hydrogens (tertiary/aromatic N) is 1. The number of halogens is 1. The largest absolute Gasteiger partial charge is 0.462 e. The second-order valence-corrected chi connectivity index (χ2v) is 3.74. The molecule has 1 aromatic heterocycles. The molecular formula is C12H13ClN2O3. The molecule has 5 nitrogen and oxygen atoms in total. The van der Waals surface area contributed by atoms with Crippen molar-refractivity contribution < 1.29 is 14.3 Å². The van der Waals surface area contributed by atoms with Gasteiger partial charge in [0, 0.05) is 6.20 Å². The molecule has 0 aliphatic heterocycles. The van der Waals surface area contributed by atoms with Gasteiger partial charge in [-0.25, -0.2) is 9.78 Å². The molecule has 0 saturated heterocycles. The Hall–Kier alpha value is -1.88. The summed E-state index contributed by atoms with van der Waals surface area (Å²) in [6.45, 7) is 3.18. The Labute approximate surface area is 110 Å². The number of esters is 1. The molecule has 0 atom stereocenters. The second-order valence-electron chi connectivity index (χ2n) is 3.35. The van der Waals surface area contributed by atoms with Crippen molar-refractivity contribution in [3.05, 3.63) is 35.3 Å². The number of anilines is 1. The fourth-order valence-electron chi connectivity index (χ4n) is 1.13. The lowest BCUT2D eigenvalue weighted by Crippen LogP contribution is -2.15. The number of carbonyl (C=O) groups excluding carboxylic acids is 2. The molecule has 0 bridgehead atoms. The summed E-state index contributed by atoms with van der Waals surface area (Å²) in [7, 11) is 0. The van der Waals surface area contributed by atoms with Crippen LogP contribution in [0, 0.1) is 0 Å². The first kappa shape index (κ1) is 14.2. The molecule has 0 aromatic carbocycles. The third-order valence-corrected chi connectivity index (χ3v) is 2.21.